The number of aromatic nitrogens is 1. The van der Waals surface area contributed by atoms with E-state index in [0.29, 0.717) is 13.1 Å². The second-order valence-electron chi connectivity index (χ2n) is 3.93. The summed E-state index contributed by atoms with van der Waals surface area (Å²) in [6.07, 6.45) is 3.54. The summed E-state index contributed by atoms with van der Waals surface area (Å²) in [5.41, 5.74) is 2.19. The predicted octanol–water partition coefficient (Wildman–Crippen LogP) is 3.06. The molecule has 0 unspecified atom stereocenters. The number of pyridine rings is 1. The lowest BCUT2D eigenvalue weighted by Crippen LogP contribution is -2.23. The van der Waals surface area contributed by atoms with Crippen LogP contribution in [0.2, 0.25) is 0 Å². The molecule has 0 radical (unpaired) electrons. The minimum Gasteiger partial charge on any atom is -0.329 e. The number of thiophene rings is 1. The molecule has 3 heterocycles. The fourth-order valence-electron chi connectivity index (χ4n) is 1.95. The van der Waals surface area contributed by atoms with Crippen LogP contribution >= 0.6 is 27.3 Å². The third-order valence-electron chi connectivity index (χ3n) is 2.72. The van der Waals surface area contributed by atoms with Gasteiger partial charge in [-0.25, -0.2) is 0 Å². The highest BCUT2D eigenvalue weighted by Gasteiger charge is 2.29. The van der Waals surface area contributed by atoms with Crippen molar-refractivity contribution in [1.82, 2.24) is 9.88 Å². The summed E-state index contributed by atoms with van der Waals surface area (Å²) in [6.45, 7) is 1.33. The molecule has 0 aliphatic carbocycles. The maximum atomic E-state index is 12.1. The smallest absolute Gasteiger partial charge is 0.264 e. The second kappa shape index (κ2) is 4.23. The molecule has 3 rings (SSSR count). The first-order valence-electron chi connectivity index (χ1n) is 5.20. The Kier molecular flexibility index (Phi) is 2.72. The van der Waals surface area contributed by atoms with Crippen LogP contribution in [0.1, 0.15) is 20.8 Å². The topological polar surface area (TPSA) is 33.2 Å². The fourth-order valence-corrected chi connectivity index (χ4v) is 3.58. The Labute approximate surface area is 111 Å². The first-order chi connectivity index (χ1) is 8.24. The van der Waals surface area contributed by atoms with Gasteiger partial charge in [-0.1, -0.05) is 6.07 Å². The average Bonchev–Trinajstić information content (AvgIpc) is 2.81. The standard InChI is InChI=1S/C12H9BrN2OS/c13-10-4-9-7-15(12(16)11(9)17-10)6-8-2-1-3-14-5-8/h1-5H,6-7H2. The van der Waals surface area contributed by atoms with E-state index in [1.54, 1.807) is 12.4 Å². The van der Waals surface area contributed by atoms with Gasteiger partial charge in [-0.05, 0) is 39.2 Å². The highest BCUT2D eigenvalue weighted by atomic mass is 79.9. The predicted molar refractivity (Wildman–Crippen MR) is 69.8 cm³/mol. The van der Waals surface area contributed by atoms with E-state index in [4.69, 9.17) is 0 Å². The van der Waals surface area contributed by atoms with E-state index in [9.17, 15) is 4.79 Å². The Morgan fingerprint density at radius 3 is 3.12 bits per heavy atom. The van der Waals surface area contributed by atoms with Crippen molar-refractivity contribution in [1.29, 1.82) is 0 Å². The van der Waals surface area contributed by atoms with Crippen molar-refractivity contribution in [2.24, 2.45) is 0 Å². The minimum atomic E-state index is 0.125. The highest BCUT2D eigenvalue weighted by Crippen LogP contribution is 2.34. The van der Waals surface area contributed by atoms with E-state index in [1.165, 1.54) is 11.3 Å². The number of hydrogen-bond acceptors (Lipinski definition) is 3. The van der Waals surface area contributed by atoms with Gasteiger partial charge < -0.3 is 4.90 Å². The molecule has 1 aliphatic heterocycles. The van der Waals surface area contributed by atoms with Crippen LogP contribution in [0.4, 0.5) is 0 Å². The van der Waals surface area contributed by atoms with E-state index in [-0.39, 0.29) is 5.91 Å². The Morgan fingerprint density at radius 1 is 1.53 bits per heavy atom. The SMILES string of the molecule is O=C1c2sc(Br)cc2CN1Cc1cccnc1. The van der Waals surface area contributed by atoms with Crippen molar-refractivity contribution in [3.05, 3.63) is 50.4 Å². The van der Waals surface area contributed by atoms with Gasteiger partial charge in [-0.15, -0.1) is 11.3 Å². The van der Waals surface area contributed by atoms with Gasteiger partial charge in [-0.2, -0.15) is 0 Å². The number of amides is 1. The summed E-state index contributed by atoms with van der Waals surface area (Å²) in [5, 5.41) is 0. The molecule has 0 aromatic carbocycles. The third kappa shape index (κ3) is 2.00. The minimum absolute atomic E-state index is 0.125. The Hall–Kier alpha value is -1.20. The van der Waals surface area contributed by atoms with Crippen LogP contribution < -0.4 is 0 Å². The van der Waals surface area contributed by atoms with Crippen LogP contribution in [0.25, 0.3) is 0 Å². The summed E-state index contributed by atoms with van der Waals surface area (Å²) in [6, 6.07) is 5.91. The maximum absolute atomic E-state index is 12.1. The molecule has 0 spiro atoms. The van der Waals surface area contributed by atoms with Gasteiger partial charge in [0.2, 0.25) is 0 Å². The molecule has 1 aliphatic rings. The summed E-state index contributed by atoms with van der Waals surface area (Å²) in [4.78, 5) is 18.9. The summed E-state index contributed by atoms with van der Waals surface area (Å²) in [5.74, 6) is 0.125. The van der Waals surface area contributed by atoms with Gasteiger partial charge >= 0.3 is 0 Å². The molecule has 0 saturated carbocycles. The molecule has 2 aromatic rings. The molecule has 2 aromatic heterocycles. The van der Waals surface area contributed by atoms with Crippen LogP contribution in [0.15, 0.2) is 34.4 Å². The van der Waals surface area contributed by atoms with Gasteiger partial charge in [0, 0.05) is 25.5 Å². The average molecular weight is 309 g/mol. The van der Waals surface area contributed by atoms with E-state index < -0.39 is 0 Å². The number of fused-ring (bicyclic) bond motifs is 1. The fraction of sp³-hybridized carbons (Fsp3) is 0.167. The number of carbonyl (C=O) groups is 1. The largest absolute Gasteiger partial charge is 0.329 e. The zero-order valence-electron chi connectivity index (χ0n) is 8.89. The first-order valence-corrected chi connectivity index (χ1v) is 6.81. The molecule has 3 nitrogen and oxygen atoms in total. The molecule has 0 atom stereocenters. The number of carbonyl (C=O) groups excluding carboxylic acids is 1. The van der Waals surface area contributed by atoms with Crippen molar-refractivity contribution < 1.29 is 4.79 Å². The molecule has 17 heavy (non-hydrogen) atoms. The van der Waals surface area contributed by atoms with Crippen LogP contribution in [0.5, 0.6) is 0 Å². The molecule has 0 N–H and O–H groups in total. The first kappa shape index (κ1) is 10.9. The highest BCUT2D eigenvalue weighted by molar-refractivity contribution is 9.11. The summed E-state index contributed by atoms with van der Waals surface area (Å²) >= 11 is 4.92. The Bertz CT molecular complexity index is 567. The molecule has 0 saturated heterocycles. The second-order valence-corrected chi connectivity index (χ2v) is 6.36. The van der Waals surface area contributed by atoms with Crippen molar-refractivity contribution in [2.45, 2.75) is 13.1 Å². The molecule has 86 valence electrons. The van der Waals surface area contributed by atoms with Crippen LogP contribution in [-0.4, -0.2) is 15.8 Å². The molecule has 5 heteroatoms. The van der Waals surface area contributed by atoms with Crippen molar-refractivity contribution in [3.63, 3.8) is 0 Å². The van der Waals surface area contributed by atoms with Crippen molar-refractivity contribution >= 4 is 33.2 Å². The Balaban J connectivity index is 1.81. The zero-order chi connectivity index (χ0) is 11.8. The number of hydrogen-bond donors (Lipinski definition) is 0. The van der Waals surface area contributed by atoms with Crippen LogP contribution in [-0.2, 0) is 13.1 Å². The maximum Gasteiger partial charge on any atom is 0.264 e. The molecule has 0 bridgehead atoms. The van der Waals surface area contributed by atoms with Crippen LogP contribution in [0, 0.1) is 0 Å². The summed E-state index contributed by atoms with van der Waals surface area (Å²) < 4.78 is 1.02. The normalized spacial score (nSPS) is 14.2. The van der Waals surface area contributed by atoms with Crippen LogP contribution in [0.3, 0.4) is 0 Å². The molecule has 1 amide bonds. The zero-order valence-corrected chi connectivity index (χ0v) is 11.3. The number of nitrogens with zero attached hydrogens (tertiary/aromatic N) is 2. The van der Waals surface area contributed by atoms with Gasteiger partial charge in [0.05, 0.1) is 8.66 Å². The molecular weight excluding hydrogens is 300 g/mol. The van der Waals surface area contributed by atoms with Gasteiger partial charge in [0.25, 0.3) is 5.91 Å². The lowest BCUT2D eigenvalue weighted by Gasteiger charge is -2.15. The number of rotatable bonds is 2. The monoisotopic (exact) mass is 308 g/mol. The third-order valence-corrected chi connectivity index (χ3v) is 4.39. The van der Waals surface area contributed by atoms with Gasteiger partial charge in [0.15, 0.2) is 0 Å². The van der Waals surface area contributed by atoms with E-state index in [1.807, 2.05) is 23.1 Å². The molecule has 0 fully saturated rings. The Morgan fingerprint density at radius 2 is 2.41 bits per heavy atom. The van der Waals surface area contributed by atoms with E-state index in [0.717, 1.165) is 19.8 Å². The number of halogens is 1. The molecular formula is C12H9BrN2OS. The van der Waals surface area contributed by atoms with Crippen molar-refractivity contribution in [3.8, 4) is 0 Å². The lowest BCUT2D eigenvalue weighted by molar-refractivity contribution is 0.0770. The van der Waals surface area contributed by atoms with Gasteiger partial charge in [0.1, 0.15) is 0 Å². The quantitative estimate of drug-likeness (QED) is 0.854. The summed E-state index contributed by atoms with van der Waals surface area (Å²) in [7, 11) is 0. The van der Waals surface area contributed by atoms with E-state index in [2.05, 4.69) is 20.9 Å². The van der Waals surface area contributed by atoms with E-state index >= 15 is 0 Å². The van der Waals surface area contributed by atoms with Gasteiger partial charge in [-0.3, -0.25) is 9.78 Å². The van der Waals surface area contributed by atoms with Crippen molar-refractivity contribution in [2.75, 3.05) is 0 Å². The lowest BCUT2D eigenvalue weighted by atomic mass is 10.2.